The SMILES string of the molecule is CN1CCN(C2CCCCC2)C1=O.O=C(O)Nc1ccc(-c2cc(F)cc(F)c2)cn1. The van der Waals surface area contributed by atoms with Crippen LogP contribution in [0.2, 0.25) is 0 Å². The molecule has 2 aliphatic rings. The maximum atomic E-state index is 13.0. The molecule has 1 aliphatic heterocycles. The molecule has 1 aliphatic carbocycles. The average Bonchev–Trinajstić information content (AvgIpc) is 3.07. The largest absolute Gasteiger partial charge is 0.465 e. The van der Waals surface area contributed by atoms with Crippen molar-refractivity contribution in [2.45, 2.75) is 38.1 Å². The third-order valence-corrected chi connectivity index (χ3v) is 5.46. The molecule has 2 heterocycles. The normalized spacial score (nSPS) is 16.7. The van der Waals surface area contributed by atoms with Crippen LogP contribution in [0.25, 0.3) is 11.1 Å². The predicted molar refractivity (Wildman–Crippen MR) is 113 cm³/mol. The number of hydrogen-bond acceptors (Lipinski definition) is 3. The molecule has 166 valence electrons. The minimum atomic E-state index is -1.23. The van der Waals surface area contributed by atoms with Crippen molar-refractivity contribution in [2.75, 3.05) is 25.5 Å². The van der Waals surface area contributed by atoms with Crippen LogP contribution in [-0.4, -0.2) is 58.2 Å². The van der Waals surface area contributed by atoms with Gasteiger partial charge in [-0.2, -0.15) is 0 Å². The van der Waals surface area contributed by atoms with Crippen LogP contribution in [0.5, 0.6) is 0 Å². The summed E-state index contributed by atoms with van der Waals surface area (Å²) in [5.74, 6) is -1.22. The number of carbonyl (C=O) groups is 2. The molecule has 2 N–H and O–H groups in total. The molecular formula is C22H26F2N4O3. The predicted octanol–water partition coefficient (Wildman–Crippen LogP) is 4.80. The van der Waals surface area contributed by atoms with Gasteiger partial charge in [-0.05, 0) is 42.7 Å². The monoisotopic (exact) mass is 432 g/mol. The van der Waals surface area contributed by atoms with Crippen molar-refractivity contribution in [3.63, 3.8) is 0 Å². The topological polar surface area (TPSA) is 85.8 Å². The molecule has 0 radical (unpaired) electrons. The fourth-order valence-electron chi connectivity index (χ4n) is 3.87. The van der Waals surface area contributed by atoms with E-state index in [0.717, 1.165) is 19.2 Å². The van der Waals surface area contributed by atoms with Crippen molar-refractivity contribution in [2.24, 2.45) is 0 Å². The lowest BCUT2D eigenvalue weighted by Gasteiger charge is -2.30. The molecule has 1 aromatic heterocycles. The zero-order valence-electron chi connectivity index (χ0n) is 17.4. The van der Waals surface area contributed by atoms with Gasteiger partial charge in [0.25, 0.3) is 0 Å². The number of aromatic nitrogens is 1. The van der Waals surface area contributed by atoms with Gasteiger partial charge in [-0.25, -0.2) is 23.4 Å². The Labute approximate surface area is 179 Å². The molecule has 0 unspecified atom stereocenters. The molecule has 0 spiro atoms. The molecule has 1 saturated carbocycles. The van der Waals surface area contributed by atoms with E-state index in [9.17, 15) is 18.4 Å². The number of pyridine rings is 1. The molecule has 2 fully saturated rings. The van der Waals surface area contributed by atoms with Gasteiger partial charge in [-0.3, -0.25) is 5.32 Å². The van der Waals surface area contributed by atoms with E-state index in [4.69, 9.17) is 5.11 Å². The summed E-state index contributed by atoms with van der Waals surface area (Å²) < 4.78 is 26.0. The Hall–Kier alpha value is -3.23. The minimum Gasteiger partial charge on any atom is -0.465 e. The van der Waals surface area contributed by atoms with Crippen molar-refractivity contribution in [3.05, 3.63) is 48.2 Å². The Morgan fingerprint density at radius 1 is 1.06 bits per heavy atom. The van der Waals surface area contributed by atoms with E-state index in [1.54, 1.807) is 0 Å². The zero-order chi connectivity index (χ0) is 22.4. The highest BCUT2D eigenvalue weighted by Crippen LogP contribution is 2.25. The van der Waals surface area contributed by atoms with Gasteiger partial charge in [0.2, 0.25) is 0 Å². The van der Waals surface area contributed by atoms with Gasteiger partial charge in [0, 0.05) is 44.0 Å². The van der Waals surface area contributed by atoms with Crippen LogP contribution in [0.1, 0.15) is 32.1 Å². The lowest BCUT2D eigenvalue weighted by molar-refractivity contribution is 0.167. The molecule has 1 saturated heterocycles. The second-order valence-electron chi connectivity index (χ2n) is 7.71. The first-order valence-corrected chi connectivity index (χ1v) is 10.3. The molecular weight excluding hydrogens is 406 g/mol. The number of amides is 3. The lowest BCUT2D eigenvalue weighted by Crippen LogP contribution is -2.39. The number of anilines is 1. The van der Waals surface area contributed by atoms with Crippen LogP contribution in [-0.2, 0) is 0 Å². The summed E-state index contributed by atoms with van der Waals surface area (Å²) in [5, 5.41) is 10.5. The van der Waals surface area contributed by atoms with Crippen LogP contribution in [0.15, 0.2) is 36.5 Å². The number of benzene rings is 1. The number of carboxylic acid groups (broad SMARTS) is 1. The molecule has 7 nitrogen and oxygen atoms in total. The molecule has 3 amide bonds. The van der Waals surface area contributed by atoms with Crippen LogP contribution in [0, 0.1) is 11.6 Å². The zero-order valence-corrected chi connectivity index (χ0v) is 17.4. The number of urea groups is 1. The van der Waals surface area contributed by atoms with Crippen LogP contribution in [0.3, 0.4) is 0 Å². The van der Waals surface area contributed by atoms with E-state index < -0.39 is 17.7 Å². The third kappa shape index (κ3) is 6.13. The Kier molecular flexibility index (Phi) is 7.38. The van der Waals surface area contributed by atoms with E-state index in [1.165, 1.54) is 62.6 Å². The minimum absolute atomic E-state index is 0.142. The quantitative estimate of drug-likeness (QED) is 0.729. The van der Waals surface area contributed by atoms with Crippen LogP contribution >= 0.6 is 0 Å². The van der Waals surface area contributed by atoms with E-state index in [-0.39, 0.29) is 11.8 Å². The highest BCUT2D eigenvalue weighted by molar-refractivity contribution is 5.81. The number of hydrogen-bond donors (Lipinski definition) is 2. The lowest BCUT2D eigenvalue weighted by atomic mass is 9.94. The summed E-state index contributed by atoms with van der Waals surface area (Å²) in [6, 6.07) is 6.84. The second kappa shape index (κ2) is 10.2. The van der Waals surface area contributed by atoms with E-state index in [1.807, 2.05) is 11.9 Å². The smallest absolute Gasteiger partial charge is 0.410 e. The van der Waals surface area contributed by atoms with Crippen molar-refractivity contribution < 1.29 is 23.5 Å². The fourth-order valence-corrected chi connectivity index (χ4v) is 3.87. The molecule has 9 heteroatoms. The summed E-state index contributed by atoms with van der Waals surface area (Å²) in [7, 11) is 1.89. The van der Waals surface area contributed by atoms with Gasteiger partial charge >= 0.3 is 12.1 Å². The van der Waals surface area contributed by atoms with E-state index in [0.29, 0.717) is 17.2 Å². The first kappa shape index (κ1) is 22.5. The average molecular weight is 432 g/mol. The number of rotatable bonds is 3. The first-order chi connectivity index (χ1) is 14.8. The Bertz CT molecular complexity index is 897. The molecule has 0 atom stereocenters. The Balaban J connectivity index is 0.000000185. The number of halogens is 2. The van der Waals surface area contributed by atoms with Gasteiger partial charge in [0.1, 0.15) is 17.5 Å². The summed E-state index contributed by atoms with van der Waals surface area (Å²) in [4.78, 5) is 29.7. The van der Waals surface area contributed by atoms with Crippen molar-refractivity contribution in [1.29, 1.82) is 0 Å². The second-order valence-corrected chi connectivity index (χ2v) is 7.71. The third-order valence-electron chi connectivity index (χ3n) is 5.46. The number of nitrogens with zero attached hydrogens (tertiary/aromatic N) is 3. The summed E-state index contributed by atoms with van der Waals surface area (Å²) >= 11 is 0. The molecule has 0 bridgehead atoms. The van der Waals surface area contributed by atoms with Gasteiger partial charge < -0.3 is 14.9 Å². The maximum absolute atomic E-state index is 13.0. The van der Waals surface area contributed by atoms with Crippen molar-refractivity contribution in [3.8, 4) is 11.1 Å². The van der Waals surface area contributed by atoms with Crippen LogP contribution in [0.4, 0.5) is 24.2 Å². The van der Waals surface area contributed by atoms with E-state index in [2.05, 4.69) is 15.2 Å². The van der Waals surface area contributed by atoms with Gasteiger partial charge in [-0.15, -0.1) is 0 Å². The fraction of sp³-hybridized carbons (Fsp3) is 0.409. The Morgan fingerprint density at radius 2 is 1.74 bits per heavy atom. The summed E-state index contributed by atoms with van der Waals surface area (Å²) in [6.45, 7) is 1.86. The first-order valence-electron chi connectivity index (χ1n) is 10.3. The highest BCUT2D eigenvalue weighted by Gasteiger charge is 2.31. The Morgan fingerprint density at radius 3 is 2.26 bits per heavy atom. The number of carbonyl (C=O) groups excluding carboxylic acids is 1. The molecule has 1 aromatic carbocycles. The maximum Gasteiger partial charge on any atom is 0.410 e. The molecule has 2 aromatic rings. The summed E-state index contributed by atoms with van der Waals surface area (Å²) in [6.07, 6.45) is 6.51. The van der Waals surface area contributed by atoms with Gasteiger partial charge in [0.05, 0.1) is 0 Å². The molecule has 4 rings (SSSR count). The van der Waals surface area contributed by atoms with Crippen molar-refractivity contribution >= 4 is 17.9 Å². The molecule has 31 heavy (non-hydrogen) atoms. The highest BCUT2D eigenvalue weighted by atomic mass is 19.1. The standard InChI is InChI=1S/C12H8F2N2O2.C10H18N2O/c13-9-3-8(4-10(14)5-9)7-1-2-11(15-6-7)16-12(17)18;1-11-7-8-12(10(11)13)9-5-3-2-4-6-9/h1-6H,(H,15,16)(H,17,18);9H,2-8H2,1H3. The number of likely N-dealkylation sites (N-methyl/N-ethyl adjacent to an activating group) is 1. The van der Waals surface area contributed by atoms with Crippen LogP contribution < -0.4 is 5.32 Å². The van der Waals surface area contributed by atoms with Crippen molar-refractivity contribution in [1.82, 2.24) is 14.8 Å². The van der Waals surface area contributed by atoms with Gasteiger partial charge in [-0.1, -0.05) is 19.3 Å². The van der Waals surface area contributed by atoms with E-state index >= 15 is 0 Å². The van der Waals surface area contributed by atoms with Gasteiger partial charge in [0.15, 0.2) is 0 Å². The number of nitrogens with one attached hydrogen (secondary N) is 1. The summed E-state index contributed by atoms with van der Waals surface area (Å²) in [5.41, 5.74) is 0.825.